The van der Waals surface area contributed by atoms with Crippen molar-refractivity contribution in [2.75, 3.05) is 13.2 Å². The molecule has 3 heteroatoms. The number of fused-ring (bicyclic) bond motifs is 1. The predicted molar refractivity (Wildman–Crippen MR) is 60.8 cm³/mol. The first kappa shape index (κ1) is 10.1. The zero-order chi connectivity index (χ0) is 11.0. The fourth-order valence-electron chi connectivity index (χ4n) is 2.83. The fraction of sp³-hybridized carbons (Fsp3) is 0.615. The zero-order valence-electron chi connectivity index (χ0n) is 9.45. The van der Waals surface area contributed by atoms with Gasteiger partial charge in [-0.25, -0.2) is 0 Å². The van der Waals surface area contributed by atoms with E-state index in [1.54, 1.807) is 0 Å². The van der Waals surface area contributed by atoms with Crippen molar-refractivity contribution in [2.24, 2.45) is 0 Å². The van der Waals surface area contributed by atoms with E-state index in [1.807, 2.05) is 6.07 Å². The Morgan fingerprint density at radius 2 is 2.25 bits per heavy atom. The van der Waals surface area contributed by atoms with E-state index in [-0.39, 0.29) is 0 Å². The van der Waals surface area contributed by atoms with Crippen LogP contribution in [0.4, 0.5) is 0 Å². The molecule has 1 fully saturated rings. The molecular weight excluding hydrogens is 202 g/mol. The molecule has 1 saturated heterocycles. The average molecular weight is 219 g/mol. The Balaban J connectivity index is 1.92. The molecule has 0 spiro atoms. The SMILES string of the molecule is O=C1CCCc2c1ccn2C1CCCOC1. The van der Waals surface area contributed by atoms with Crippen molar-refractivity contribution < 1.29 is 9.53 Å². The molecule has 0 bridgehead atoms. The summed E-state index contributed by atoms with van der Waals surface area (Å²) in [5.74, 6) is 0.316. The number of ketones is 1. The summed E-state index contributed by atoms with van der Waals surface area (Å²) in [5, 5.41) is 0. The quantitative estimate of drug-likeness (QED) is 0.726. The molecule has 3 rings (SSSR count). The molecule has 1 aliphatic carbocycles. The third-order valence-electron chi connectivity index (χ3n) is 3.67. The molecule has 0 N–H and O–H groups in total. The first-order chi connectivity index (χ1) is 7.86. The molecular formula is C13H17NO2. The van der Waals surface area contributed by atoms with E-state index in [4.69, 9.17) is 4.74 Å². The van der Waals surface area contributed by atoms with E-state index in [2.05, 4.69) is 10.8 Å². The second-order valence-corrected chi connectivity index (χ2v) is 4.73. The molecule has 1 unspecified atom stereocenters. The van der Waals surface area contributed by atoms with E-state index < -0.39 is 0 Å². The third kappa shape index (κ3) is 1.59. The number of hydrogen-bond donors (Lipinski definition) is 0. The molecule has 1 aromatic rings. The van der Waals surface area contributed by atoms with Crippen molar-refractivity contribution in [3.05, 3.63) is 23.5 Å². The van der Waals surface area contributed by atoms with Crippen molar-refractivity contribution >= 4 is 5.78 Å². The summed E-state index contributed by atoms with van der Waals surface area (Å²) >= 11 is 0. The van der Waals surface area contributed by atoms with Crippen LogP contribution < -0.4 is 0 Å². The highest BCUT2D eigenvalue weighted by Gasteiger charge is 2.24. The smallest absolute Gasteiger partial charge is 0.164 e. The van der Waals surface area contributed by atoms with Crippen LogP contribution in [0.5, 0.6) is 0 Å². The summed E-state index contributed by atoms with van der Waals surface area (Å²) in [6, 6.07) is 2.44. The molecule has 3 nitrogen and oxygen atoms in total. The van der Waals surface area contributed by atoms with Gasteiger partial charge >= 0.3 is 0 Å². The predicted octanol–water partition coefficient (Wildman–Crippen LogP) is 2.36. The van der Waals surface area contributed by atoms with Crippen molar-refractivity contribution in [2.45, 2.75) is 38.1 Å². The van der Waals surface area contributed by atoms with Gasteiger partial charge in [-0.1, -0.05) is 0 Å². The lowest BCUT2D eigenvalue weighted by Gasteiger charge is -2.26. The molecule has 0 radical (unpaired) electrons. The van der Waals surface area contributed by atoms with E-state index in [1.165, 1.54) is 12.1 Å². The molecule has 2 heterocycles. The number of aromatic nitrogens is 1. The maximum Gasteiger partial charge on any atom is 0.164 e. The summed E-state index contributed by atoms with van der Waals surface area (Å²) in [5.41, 5.74) is 2.20. The molecule has 1 aliphatic heterocycles. The van der Waals surface area contributed by atoms with Crippen LogP contribution in [0.25, 0.3) is 0 Å². The monoisotopic (exact) mass is 219 g/mol. The Morgan fingerprint density at radius 3 is 3.06 bits per heavy atom. The lowest BCUT2D eigenvalue weighted by molar-refractivity contribution is 0.0581. The van der Waals surface area contributed by atoms with Gasteiger partial charge in [0.05, 0.1) is 12.6 Å². The molecule has 1 aromatic heterocycles. The van der Waals surface area contributed by atoms with Crippen molar-refractivity contribution in [3.63, 3.8) is 0 Å². The maximum absolute atomic E-state index is 11.7. The molecule has 0 saturated carbocycles. The molecule has 86 valence electrons. The summed E-state index contributed by atoms with van der Waals surface area (Å²) in [7, 11) is 0. The van der Waals surface area contributed by atoms with E-state index in [9.17, 15) is 4.79 Å². The summed E-state index contributed by atoms with van der Waals surface area (Å²) in [6.07, 6.45) is 7.15. The minimum Gasteiger partial charge on any atom is -0.379 e. The van der Waals surface area contributed by atoms with Crippen LogP contribution in [0, 0.1) is 0 Å². The number of carbonyl (C=O) groups is 1. The van der Waals surface area contributed by atoms with Gasteiger partial charge in [-0.15, -0.1) is 0 Å². The first-order valence-electron chi connectivity index (χ1n) is 6.17. The first-order valence-corrected chi connectivity index (χ1v) is 6.17. The van der Waals surface area contributed by atoms with Gasteiger partial charge in [0.15, 0.2) is 5.78 Å². The molecule has 0 amide bonds. The van der Waals surface area contributed by atoms with Gasteiger partial charge in [-0.3, -0.25) is 4.79 Å². The van der Waals surface area contributed by atoms with Crippen LogP contribution in [0.15, 0.2) is 12.3 Å². The molecule has 2 aliphatic rings. The van der Waals surface area contributed by atoms with Crippen LogP contribution in [0.1, 0.15) is 47.8 Å². The molecule has 0 aromatic carbocycles. The maximum atomic E-state index is 11.7. The van der Waals surface area contributed by atoms with Crippen LogP contribution in [-0.2, 0) is 11.2 Å². The second kappa shape index (κ2) is 4.06. The van der Waals surface area contributed by atoms with Gasteiger partial charge in [-0.2, -0.15) is 0 Å². The van der Waals surface area contributed by atoms with E-state index >= 15 is 0 Å². The number of rotatable bonds is 1. The zero-order valence-corrected chi connectivity index (χ0v) is 9.45. The number of carbonyl (C=O) groups excluding carboxylic acids is 1. The number of ether oxygens (including phenoxy) is 1. The van der Waals surface area contributed by atoms with Gasteiger partial charge in [0.25, 0.3) is 0 Å². The number of hydrogen-bond acceptors (Lipinski definition) is 2. The third-order valence-corrected chi connectivity index (χ3v) is 3.67. The number of Topliss-reactive ketones (excluding diaryl/α,β-unsaturated/α-hetero) is 1. The van der Waals surface area contributed by atoms with Crippen molar-refractivity contribution in [3.8, 4) is 0 Å². The van der Waals surface area contributed by atoms with Crippen LogP contribution >= 0.6 is 0 Å². The van der Waals surface area contributed by atoms with Crippen LogP contribution in [0.2, 0.25) is 0 Å². The van der Waals surface area contributed by atoms with Gasteiger partial charge in [0.1, 0.15) is 0 Å². The topological polar surface area (TPSA) is 31.2 Å². The Morgan fingerprint density at radius 1 is 1.31 bits per heavy atom. The standard InChI is InChI=1S/C13H17NO2/c15-13-5-1-4-12-11(13)6-7-14(12)10-3-2-8-16-9-10/h6-7,10H,1-5,8-9H2. The summed E-state index contributed by atoms with van der Waals surface area (Å²) < 4.78 is 7.80. The van der Waals surface area contributed by atoms with E-state index in [0.29, 0.717) is 11.8 Å². The lowest BCUT2D eigenvalue weighted by atomic mass is 9.96. The highest BCUT2D eigenvalue weighted by Crippen LogP contribution is 2.28. The number of nitrogens with zero attached hydrogens (tertiary/aromatic N) is 1. The van der Waals surface area contributed by atoms with Gasteiger partial charge < -0.3 is 9.30 Å². The van der Waals surface area contributed by atoms with Gasteiger partial charge in [-0.05, 0) is 31.7 Å². The molecule has 16 heavy (non-hydrogen) atoms. The summed E-state index contributed by atoms with van der Waals surface area (Å²) in [4.78, 5) is 11.7. The molecule has 1 atom stereocenters. The van der Waals surface area contributed by atoms with Crippen molar-refractivity contribution in [1.29, 1.82) is 0 Å². The Kier molecular flexibility index (Phi) is 2.56. The van der Waals surface area contributed by atoms with E-state index in [0.717, 1.165) is 44.5 Å². The van der Waals surface area contributed by atoms with Gasteiger partial charge in [0.2, 0.25) is 0 Å². The minimum absolute atomic E-state index is 0.316. The summed E-state index contributed by atoms with van der Waals surface area (Å²) in [6.45, 7) is 1.69. The lowest BCUT2D eigenvalue weighted by Crippen LogP contribution is -2.23. The Hall–Kier alpha value is -1.09. The average Bonchev–Trinajstić information content (AvgIpc) is 2.75. The minimum atomic E-state index is 0.316. The Labute approximate surface area is 95.4 Å². The normalized spacial score (nSPS) is 25.5. The largest absolute Gasteiger partial charge is 0.379 e. The Bertz CT molecular complexity index is 402. The fourth-order valence-corrected chi connectivity index (χ4v) is 2.83. The van der Waals surface area contributed by atoms with Gasteiger partial charge in [0, 0.05) is 30.5 Å². The van der Waals surface area contributed by atoms with Crippen LogP contribution in [0.3, 0.4) is 0 Å². The van der Waals surface area contributed by atoms with Crippen LogP contribution in [-0.4, -0.2) is 23.6 Å². The van der Waals surface area contributed by atoms with Crippen molar-refractivity contribution in [1.82, 2.24) is 4.57 Å². The highest BCUT2D eigenvalue weighted by atomic mass is 16.5. The second-order valence-electron chi connectivity index (χ2n) is 4.73. The highest BCUT2D eigenvalue weighted by molar-refractivity contribution is 5.98.